The molecule has 10 heteroatoms. The molecule has 2 heterocycles. The van der Waals surface area contributed by atoms with Crippen molar-refractivity contribution < 1.29 is 27.6 Å². The first kappa shape index (κ1) is 26.3. The van der Waals surface area contributed by atoms with Crippen molar-refractivity contribution in [3.05, 3.63) is 45.8 Å². The van der Waals surface area contributed by atoms with Crippen molar-refractivity contribution in [1.29, 1.82) is 0 Å². The van der Waals surface area contributed by atoms with Crippen molar-refractivity contribution in [3.8, 4) is 0 Å². The number of sulfonamides is 1. The lowest BCUT2D eigenvalue weighted by molar-refractivity contribution is -0.913. The van der Waals surface area contributed by atoms with Crippen LogP contribution in [0.15, 0.2) is 29.2 Å². The fraction of sp³-hybridized carbons (Fsp3) is 0.500. The van der Waals surface area contributed by atoms with Crippen LogP contribution in [0.3, 0.4) is 0 Å². The Morgan fingerprint density at radius 1 is 1.18 bits per heavy atom. The first-order chi connectivity index (χ1) is 16.2. The minimum Gasteiger partial charge on any atom is -0.462 e. The van der Waals surface area contributed by atoms with E-state index in [0.717, 1.165) is 49.3 Å². The highest BCUT2D eigenvalue weighted by molar-refractivity contribution is 7.89. The summed E-state index contributed by atoms with van der Waals surface area (Å²) in [7, 11) is -2.05. The molecule has 1 aliphatic heterocycles. The van der Waals surface area contributed by atoms with Gasteiger partial charge in [-0.25, -0.2) is 17.5 Å². The number of fused-ring (bicyclic) bond motifs is 1. The maximum Gasteiger partial charge on any atom is 0.341 e. The third kappa shape index (κ3) is 5.68. The Bertz CT molecular complexity index is 1130. The number of amides is 1. The normalized spacial score (nSPS) is 15.7. The van der Waals surface area contributed by atoms with Gasteiger partial charge < -0.3 is 15.0 Å². The van der Waals surface area contributed by atoms with Gasteiger partial charge in [-0.3, -0.25) is 4.79 Å². The fourth-order valence-corrected chi connectivity index (χ4v) is 6.49. The highest BCUT2D eigenvalue weighted by Gasteiger charge is 2.31. The monoisotopic (exact) mass is 508 g/mol. The maximum absolute atomic E-state index is 13.0. The second kappa shape index (κ2) is 11.4. The minimum absolute atomic E-state index is 0.143. The molecule has 0 fully saturated rings. The molecule has 0 saturated heterocycles. The van der Waals surface area contributed by atoms with Gasteiger partial charge >= 0.3 is 5.97 Å². The van der Waals surface area contributed by atoms with Gasteiger partial charge in [-0.1, -0.05) is 13.3 Å². The molecule has 1 amide bonds. The van der Waals surface area contributed by atoms with E-state index in [9.17, 15) is 18.0 Å². The van der Waals surface area contributed by atoms with Crippen LogP contribution in [0, 0.1) is 0 Å². The number of hydrogen-bond donors (Lipinski definition) is 2. The number of esters is 1. The first-order valence-corrected chi connectivity index (χ1v) is 14.0. The van der Waals surface area contributed by atoms with Gasteiger partial charge in [0.05, 0.1) is 35.0 Å². The summed E-state index contributed by atoms with van der Waals surface area (Å²) in [5.74, 6) is -0.820. The van der Waals surface area contributed by atoms with E-state index in [1.807, 2.05) is 6.92 Å². The maximum atomic E-state index is 13.0. The molecule has 0 spiro atoms. The van der Waals surface area contributed by atoms with Crippen LogP contribution in [0.5, 0.6) is 0 Å². The molecule has 2 N–H and O–H groups in total. The molecule has 0 aliphatic carbocycles. The van der Waals surface area contributed by atoms with Gasteiger partial charge in [-0.15, -0.1) is 11.3 Å². The number of unbranched alkanes of at least 4 members (excludes halogenated alkanes) is 1. The number of nitrogens with zero attached hydrogens (tertiary/aromatic N) is 1. The number of benzene rings is 1. The van der Waals surface area contributed by atoms with Gasteiger partial charge in [-0.05, 0) is 50.1 Å². The van der Waals surface area contributed by atoms with Gasteiger partial charge in [0.2, 0.25) is 10.0 Å². The van der Waals surface area contributed by atoms with Crippen LogP contribution in [0.2, 0.25) is 0 Å². The number of rotatable bonds is 10. The van der Waals surface area contributed by atoms with E-state index in [-0.39, 0.29) is 11.5 Å². The van der Waals surface area contributed by atoms with Crippen LogP contribution in [0.1, 0.15) is 64.8 Å². The van der Waals surface area contributed by atoms with E-state index < -0.39 is 21.9 Å². The van der Waals surface area contributed by atoms with Crippen LogP contribution < -0.4 is 10.2 Å². The van der Waals surface area contributed by atoms with Crippen LogP contribution in [0.4, 0.5) is 5.00 Å². The van der Waals surface area contributed by atoms with E-state index in [4.69, 9.17) is 4.74 Å². The number of anilines is 1. The molecule has 1 aromatic heterocycles. The van der Waals surface area contributed by atoms with Crippen molar-refractivity contribution in [2.24, 2.45) is 0 Å². The largest absolute Gasteiger partial charge is 0.462 e. The fourth-order valence-electron chi connectivity index (χ4n) is 3.98. The van der Waals surface area contributed by atoms with Crippen molar-refractivity contribution in [1.82, 2.24) is 4.31 Å². The third-order valence-corrected chi connectivity index (χ3v) is 9.11. The quantitative estimate of drug-likeness (QED) is 0.481. The molecule has 2 aromatic rings. The number of ether oxygens (including phenoxy) is 1. The molecule has 0 bridgehead atoms. The average molecular weight is 509 g/mol. The zero-order valence-corrected chi connectivity index (χ0v) is 21.9. The van der Waals surface area contributed by atoms with E-state index in [1.54, 1.807) is 14.0 Å². The number of hydrogen-bond acceptors (Lipinski definition) is 6. The Morgan fingerprint density at radius 3 is 2.50 bits per heavy atom. The number of likely N-dealkylation sites (N-methyl/N-ethyl adjacent to an activating group) is 1. The van der Waals surface area contributed by atoms with Crippen molar-refractivity contribution in [2.75, 3.05) is 38.6 Å². The molecule has 1 aromatic carbocycles. The van der Waals surface area contributed by atoms with E-state index in [1.165, 1.54) is 44.8 Å². The van der Waals surface area contributed by atoms with E-state index in [2.05, 4.69) is 12.2 Å². The molecule has 34 heavy (non-hydrogen) atoms. The van der Waals surface area contributed by atoms with E-state index in [0.29, 0.717) is 22.7 Å². The Balaban J connectivity index is 1.83. The van der Waals surface area contributed by atoms with Gasteiger partial charge in [0.25, 0.3) is 5.91 Å². The SMILES string of the molecule is CCCCN(C)S(=O)(=O)c1ccc(C(=O)Nc2sc3c(c2C(=O)OCC)CC[NH+](CC)C3)cc1. The van der Waals surface area contributed by atoms with E-state index >= 15 is 0 Å². The van der Waals surface area contributed by atoms with Crippen LogP contribution in [-0.4, -0.2) is 57.9 Å². The lowest BCUT2D eigenvalue weighted by atomic mass is 10.0. The minimum atomic E-state index is -3.61. The zero-order chi connectivity index (χ0) is 24.9. The molecule has 1 atom stereocenters. The van der Waals surface area contributed by atoms with Crippen LogP contribution in [-0.2, 0) is 27.7 Å². The highest BCUT2D eigenvalue weighted by Crippen LogP contribution is 2.35. The van der Waals surface area contributed by atoms with Gasteiger partial charge in [-0.2, -0.15) is 0 Å². The molecule has 186 valence electrons. The molecule has 0 saturated carbocycles. The summed E-state index contributed by atoms with van der Waals surface area (Å²) in [5, 5.41) is 3.36. The standard InChI is InChI=1S/C24H33N3O5S2/c1-5-8-14-26(4)34(30,31)18-11-9-17(10-12-18)22(28)25-23-21(24(29)32-7-3)19-13-15-27(6-2)16-20(19)33-23/h9-12H,5-8,13-16H2,1-4H3,(H,25,28)/p+1. The Labute approximate surface area is 205 Å². The lowest BCUT2D eigenvalue weighted by Gasteiger charge is -2.22. The number of quaternary nitrogens is 1. The topological polar surface area (TPSA) is 97.2 Å². The number of thiophene rings is 1. The van der Waals surface area contributed by atoms with Gasteiger partial charge in [0, 0.05) is 25.6 Å². The summed E-state index contributed by atoms with van der Waals surface area (Å²) >= 11 is 1.42. The Morgan fingerprint density at radius 2 is 1.88 bits per heavy atom. The first-order valence-electron chi connectivity index (χ1n) is 11.8. The number of nitrogens with one attached hydrogen (secondary N) is 2. The van der Waals surface area contributed by atoms with Gasteiger partial charge in [0.1, 0.15) is 11.5 Å². The Kier molecular flexibility index (Phi) is 8.86. The molecule has 1 unspecified atom stereocenters. The summed E-state index contributed by atoms with van der Waals surface area (Å²) in [4.78, 5) is 28.4. The molecule has 0 radical (unpaired) electrons. The Hall–Kier alpha value is -2.27. The number of carbonyl (C=O) groups excluding carboxylic acids is 2. The second-order valence-electron chi connectivity index (χ2n) is 8.37. The molecular weight excluding hydrogens is 474 g/mol. The molecular formula is C24H34N3O5S2+. The smallest absolute Gasteiger partial charge is 0.341 e. The molecule has 3 rings (SSSR count). The summed E-state index contributed by atoms with van der Waals surface area (Å²) in [6, 6.07) is 5.88. The summed E-state index contributed by atoms with van der Waals surface area (Å²) in [5.41, 5.74) is 1.73. The summed E-state index contributed by atoms with van der Waals surface area (Å²) in [6.07, 6.45) is 2.44. The number of carbonyl (C=O) groups is 2. The van der Waals surface area contributed by atoms with Crippen molar-refractivity contribution in [3.63, 3.8) is 0 Å². The molecule has 8 nitrogen and oxygen atoms in total. The van der Waals surface area contributed by atoms with Gasteiger partial charge in [0.15, 0.2) is 0 Å². The third-order valence-electron chi connectivity index (χ3n) is 6.09. The lowest BCUT2D eigenvalue weighted by Crippen LogP contribution is -3.11. The predicted molar refractivity (Wildman–Crippen MR) is 133 cm³/mol. The second-order valence-corrected chi connectivity index (χ2v) is 11.5. The van der Waals surface area contributed by atoms with Crippen LogP contribution in [0.25, 0.3) is 0 Å². The predicted octanol–water partition coefficient (Wildman–Crippen LogP) is 2.56. The average Bonchev–Trinajstić information content (AvgIpc) is 3.19. The summed E-state index contributed by atoms with van der Waals surface area (Å²) < 4.78 is 32.1. The van der Waals surface area contributed by atoms with Crippen molar-refractivity contribution >= 4 is 38.2 Å². The summed E-state index contributed by atoms with van der Waals surface area (Å²) in [6.45, 7) is 9.34. The molecule has 1 aliphatic rings. The van der Waals surface area contributed by atoms with Crippen LogP contribution >= 0.6 is 11.3 Å². The highest BCUT2D eigenvalue weighted by atomic mass is 32.2. The zero-order valence-electron chi connectivity index (χ0n) is 20.3. The van der Waals surface area contributed by atoms with Crippen molar-refractivity contribution in [2.45, 2.75) is 51.5 Å².